The second kappa shape index (κ2) is 7.41. The number of nitrogens with one attached hydrogen (secondary N) is 1. The molecule has 0 aromatic heterocycles. The number of carbonyl (C=O) groups excluding carboxylic acids is 1. The first-order valence-corrected chi connectivity index (χ1v) is 6.39. The highest BCUT2D eigenvalue weighted by Crippen LogP contribution is 2.20. The van der Waals surface area contributed by atoms with Crippen LogP contribution in [0.3, 0.4) is 0 Å². The van der Waals surface area contributed by atoms with Crippen molar-refractivity contribution in [1.82, 2.24) is 5.32 Å². The van der Waals surface area contributed by atoms with Crippen LogP contribution in [0.4, 0.5) is 0 Å². The Morgan fingerprint density at radius 2 is 2.06 bits per heavy atom. The van der Waals surface area contributed by atoms with Crippen LogP contribution in [-0.4, -0.2) is 23.4 Å². The van der Waals surface area contributed by atoms with Crippen molar-refractivity contribution in [3.63, 3.8) is 0 Å². The van der Waals surface area contributed by atoms with E-state index in [4.69, 9.17) is 23.2 Å². The van der Waals surface area contributed by atoms with Crippen LogP contribution in [0, 0.1) is 0 Å². The number of benzene rings is 1. The maximum Gasteiger partial charge on any atom is 0.252 e. The molecule has 1 aromatic rings. The summed E-state index contributed by atoms with van der Waals surface area (Å²) in [7, 11) is 0. The first kappa shape index (κ1) is 14.1. The van der Waals surface area contributed by atoms with Gasteiger partial charge in [-0.3, -0.25) is 4.79 Å². The SMILES string of the molecule is O=C(NCCCCCCl)c1cc(O)ccc1Cl. The van der Waals surface area contributed by atoms with E-state index in [9.17, 15) is 9.90 Å². The summed E-state index contributed by atoms with van der Waals surface area (Å²) in [6, 6.07) is 4.30. The van der Waals surface area contributed by atoms with Gasteiger partial charge in [-0.1, -0.05) is 18.0 Å². The lowest BCUT2D eigenvalue weighted by molar-refractivity contribution is 0.0952. The lowest BCUT2D eigenvalue weighted by atomic mass is 10.2. The highest BCUT2D eigenvalue weighted by molar-refractivity contribution is 6.33. The minimum atomic E-state index is -0.267. The number of halogens is 2. The van der Waals surface area contributed by atoms with Gasteiger partial charge in [0.05, 0.1) is 10.6 Å². The van der Waals surface area contributed by atoms with Gasteiger partial charge in [0.15, 0.2) is 0 Å². The Kier molecular flexibility index (Phi) is 6.16. The van der Waals surface area contributed by atoms with E-state index in [0.717, 1.165) is 19.3 Å². The largest absolute Gasteiger partial charge is 0.508 e. The lowest BCUT2D eigenvalue weighted by Gasteiger charge is -2.06. The summed E-state index contributed by atoms with van der Waals surface area (Å²) in [5, 5.41) is 12.4. The van der Waals surface area contributed by atoms with Crippen LogP contribution in [-0.2, 0) is 0 Å². The molecule has 0 unspecified atom stereocenters. The van der Waals surface area contributed by atoms with E-state index in [0.29, 0.717) is 23.0 Å². The van der Waals surface area contributed by atoms with E-state index in [2.05, 4.69) is 5.32 Å². The third kappa shape index (κ3) is 4.84. The molecule has 0 aliphatic carbocycles. The van der Waals surface area contributed by atoms with Crippen molar-refractivity contribution in [3.05, 3.63) is 28.8 Å². The predicted molar refractivity (Wildman–Crippen MR) is 70.0 cm³/mol. The van der Waals surface area contributed by atoms with Crippen molar-refractivity contribution >= 4 is 29.1 Å². The fourth-order valence-corrected chi connectivity index (χ4v) is 1.77. The summed E-state index contributed by atoms with van der Waals surface area (Å²) < 4.78 is 0. The van der Waals surface area contributed by atoms with Crippen molar-refractivity contribution < 1.29 is 9.90 Å². The molecule has 94 valence electrons. The Balaban J connectivity index is 2.44. The van der Waals surface area contributed by atoms with Crippen LogP contribution >= 0.6 is 23.2 Å². The van der Waals surface area contributed by atoms with Crippen molar-refractivity contribution in [2.75, 3.05) is 12.4 Å². The molecule has 0 aliphatic heterocycles. The summed E-state index contributed by atoms with van der Waals surface area (Å²) in [6.07, 6.45) is 2.82. The van der Waals surface area contributed by atoms with Crippen LogP contribution in [0.1, 0.15) is 29.6 Å². The fourth-order valence-electron chi connectivity index (χ4n) is 1.38. The average Bonchev–Trinajstić information content (AvgIpc) is 2.32. The van der Waals surface area contributed by atoms with Gasteiger partial charge in [-0.2, -0.15) is 0 Å². The molecule has 0 aliphatic rings. The maximum atomic E-state index is 11.7. The van der Waals surface area contributed by atoms with Gasteiger partial charge in [-0.15, -0.1) is 11.6 Å². The number of aromatic hydroxyl groups is 1. The summed E-state index contributed by atoms with van der Waals surface area (Å²) in [5.41, 5.74) is 0.295. The van der Waals surface area contributed by atoms with Crippen molar-refractivity contribution in [2.24, 2.45) is 0 Å². The summed E-state index contributed by atoms with van der Waals surface area (Å²) >= 11 is 11.4. The van der Waals surface area contributed by atoms with Gasteiger partial charge in [0.2, 0.25) is 0 Å². The zero-order valence-electron chi connectivity index (χ0n) is 9.38. The minimum Gasteiger partial charge on any atom is -0.508 e. The van der Waals surface area contributed by atoms with Crippen LogP contribution in [0.15, 0.2) is 18.2 Å². The summed E-state index contributed by atoms with van der Waals surface area (Å²) in [5.74, 6) is 0.408. The number of amides is 1. The van der Waals surface area contributed by atoms with Crippen molar-refractivity contribution in [3.8, 4) is 5.75 Å². The van der Waals surface area contributed by atoms with Gasteiger partial charge in [-0.05, 0) is 31.0 Å². The monoisotopic (exact) mass is 275 g/mol. The lowest BCUT2D eigenvalue weighted by Crippen LogP contribution is -2.24. The van der Waals surface area contributed by atoms with E-state index >= 15 is 0 Å². The standard InChI is InChI=1S/C12H15Cl2NO2/c13-6-2-1-3-7-15-12(17)10-8-9(16)4-5-11(10)14/h4-5,8,16H,1-3,6-7H2,(H,15,17). The normalized spacial score (nSPS) is 10.2. The van der Waals surface area contributed by atoms with E-state index in [1.165, 1.54) is 18.2 Å². The number of hydrogen-bond acceptors (Lipinski definition) is 2. The van der Waals surface area contributed by atoms with Crippen LogP contribution in [0.25, 0.3) is 0 Å². The van der Waals surface area contributed by atoms with Gasteiger partial charge in [-0.25, -0.2) is 0 Å². The molecule has 3 nitrogen and oxygen atoms in total. The zero-order chi connectivity index (χ0) is 12.7. The molecule has 0 bridgehead atoms. The third-order valence-electron chi connectivity index (χ3n) is 2.29. The molecule has 0 radical (unpaired) electrons. The first-order valence-electron chi connectivity index (χ1n) is 5.48. The highest BCUT2D eigenvalue weighted by atomic mass is 35.5. The van der Waals surface area contributed by atoms with Crippen LogP contribution in [0.2, 0.25) is 5.02 Å². The number of rotatable bonds is 6. The number of carbonyl (C=O) groups is 1. The molecule has 17 heavy (non-hydrogen) atoms. The zero-order valence-corrected chi connectivity index (χ0v) is 10.9. The van der Waals surface area contributed by atoms with E-state index in [-0.39, 0.29) is 11.7 Å². The van der Waals surface area contributed by atoms with E-state index < -0.39 is 0 Å². The average molecular weight is 276 g/mol. The Hall–Kier alpha value is -0.930. The molecule has 0 atom stereocenters. The molecule has 1 amide bonds. The van der Waals surface area contributed by atoms with Gasteiger partial charge < -0.3 is 10.4 Å². The Morgan fingerprint density at radius 3 is 2.76 bits per heavy atom. The molecular formula is C12H15Cl2NO2. The Bertz CT molecular complexity index is 383. The van der Waals surface area contributed by atoms with Gasteiger partial charge in [0, 0.05) is 12.4 Å². The number of alkyl halides is 1. The third-order valence-corrected chi connectivity index (χ3v) is 2.89. The molecule has 0 heterocycles. The van der Waals surface area contributed by atoms with Crippen LogP contribution in [0.5, 0.6) is 5.75 Å². The molecular weight excluding hydrogens is 261 g/mol. The number of phenols is 1. The van der Waals surface area contributed by atoms with Gasteiger partial charge in [0.1, 0.15) is 5.75 Å². The molecule has 0 spiro atoms. The highest BCUT2D eigenvalue weighted by Gasteiger charge is 2.10. The van der Waals surface area contributed by atoms with Gasteiger partial charge >= 0.3 is 0 Å². The van der Waals surface area contributed by atoms with E-state index in [1.807, 2.05) is 0 Å². The Labute approximate surface area is 111 Å². The smallest absolute Gasteiger partial charge is 0.252 e. The molecule has 5 heteroatoms. The van der Waals surface area contributed by atoms with Crippen molar-refractivity contribution in [1.29, 1.82) is 0 Å². The topological polar surface area (TPSA) is 49.3 Å². The number of unbranched alkanes of at least 4 members (excludes halogenated alkanes) is 2. The Morgan fingerprint density at radius 1 is 1.29 bits per heavy atom. The van der Waals surface area contributed by atoms with E-state index in [1.54, 1.807) is 0 Å². The molecule has 1 aromatic carbocycles. The fraction of sp³-hybridized carbons (Fsp3) is 0.417. The molecule has 0 saturated heterocycles. The van der Waals surface area contributed by atoms with Crippen molar-refractivity contribution in [2.45, 2.75) is 19.3 Å². The van der Waals surface area contributed by atoms with Gasteiger partial charge in [0.25, 0.3) is 5.91 Å². The summed E-state index contributed by atoms with van der Waals surface area (Å²) in [4.78, 5) is 11.7. The predicted octanol–water partition coefficient (Wildman–Crippen LogP) is 3.18. The van der Waals surface area contributed by atoms with Crippen LogP contribution < -0.4 is 5.32 Å². The summed E-state index contributed by atoms with van der Waals surface area (Å²) in [6.45, 7) is 0.585. The minimum absolute atomic E-state index is 0.0293. The maximum absolute atomic E-state index is 11.7. The number of hydrogen-bond donors (Lipinski definition) is 2. The molecule has 0 saturated carbocycles. The first-order chi connectivity index (χ1) is 8.15. The molecule has 2 N–H and O–H groups in total. The second-order valence-electron chi connectivity index (χ2n) is 3.67. The quantitative estimate of drug-likeness (QED) is 0.619. The molecule has 0 fully saturated rings. The second-order valence-corrected chi connectivity index (χ2v) is 4.45. The molecule has 1 rings (SSSR count). The number of phenolic OH excluding ortho intramolecular Hbond substituents is 1.